The van der Waals surface area contributed by atoms with E-state index in [1.54, 1.807) is 6.20 Å². The van der Waals surface area contributed by atoms with Crippen molar-refractivity contribution < 1.29 is 4.74 Å². The van der Waals surface area contributed by atoms with Crippen molar-refractivity contribution in [2.45, 2.75) is 0 Å². The van der Waals surface area contributed by atoms with Gasteiger partial charge in [0.2, 0.25) is 0 Å². The molecule has 1 aromatic heterocycles. The molecule has 0 aliphatic carbocycles. The number of nitrogens with zero attached hydrogens (tertiary/aromatic N) is 2. The monoisotopic (exact) mass is 194 g/mol. The highest BCUT2D eigenvalue weighted by molar-refractivity contribution is 6.17. The van der Waals surface area contributed by atoms with Gasteiger partial charge in [-0.15, -0.1) is 0 Å². The summed E-state index contributed by atoms with van der Waals surface area (Å²) in [4.78, 5) is 0. The molecule has 0 aliphatic heterocycles. The fourth-order valence-electron chi connectivity index (χ4n) is 1.11. The van der Waals surface area contributed by atoms with E-state index >= 15 is 0 Å². The number of alkyl halides is 1. The van der Waals surface area contributed by atoms with E-state index in [1.165, 1.54) is 0 Å². The van der Waals surface area contributed by atoms with Gasteiger partial charge in [0.1, 0.15) is 5.75 Å². The van der Waals surface area contributed by atoms with Crippen molar-refractivity contribution in [2.24, 2.45) is 0 Å². The minimum absolute atomic E-state index is 0.145. The maximum absolute atomic E-state index is 5.43. The SMILES string of the molecule is ClCOc1ccc2ccnnc2c1. The summed E-state index contributed by atoms with van der Waals surface area (Å²) in [7, 11) is 0. The summed E-state index contributed by atoms with van der Waals surface area (Å²) >= 11 is 5.43. The Morgan fingerprint density at radius 3 is 3.08 bits per heavy atom. The van der Waals surface area contributed by atoms with Gasteiger partial charge in [-0.25, -0.2) is 0 Å². The first-order valence-corrected chi connectivity index (χ1v) is 4.34. The van der Waals surface area contributed by atoms with Gasteiger partial charge in [0.15, 0.2) is 6.07 Å². The Morgan fingerprint density at radius 2 is 2.23 bits per heavy atom. The van der Waals surface area contributed by atoms with Crippen molar-refractivity contribution >= 4 is 22.5 Å². The van der Waals surface area contributed by atoms with Crippen LogP contribution in [-0.4, -0.2) is 16.3 Å². The highest BCUT2D eigenvalue weighted by atomic mass is 35.5. The number of fused-ring (bicyclic) bond motifs is 1. The van der Waals surface area contributed by atoms with Crippen molar-refractivity contribution in [2.75, 3.05) is 6.07 Å². The van der Waals surface area contributed by atoms with Crippen molar-refractivity contribution in [1.82, 2.24) is 10.2 Å². The fourth-order valence-corrected chi connectivity index (χ4v) is 1.24. The number of halogens is 1. The molecule has 0 aliphatic rings. The van der Waals surface area contributed by atoms with Gasteiger partial charge in [-0.3, -0.25) is 0 Å². The zero-order chi connectivity index (χ0) is 9.10. The zero-order valence-corrected chi connectivity index (χ0v) is 7.53. The smallest absolute Gasteiger partial charge is 0.162 e. The first-order valence-electron chi connectivity index (χ1n) is 3.80. The second kappa shape index (κ2) is 3.58. The van der Waals surface area contributed by atoms with Crippen LogP contribution in [0.1, 0.15) is 0 Å². The summed E-state index contributed by atoms with van der Waals surface area (Å²) in [6.07, 6.45) is 1.66. The van der Waals surface area contributed by atoms with Crippen molar-refractivity contribution in [3.05, 3.63) is 30.5 Å². The van der Waals surface area contributed by atoms with Gasteiger partial charge >= 0.3 is 0 Å². The van der Waals surface area contributed by atoms with Crippen LogP contribution in [0.25, 0.3) is 10.9 Å². The average molecular weight is 195 g/mol. The van der Waals surface area contributed by atoms with Crippen LogP contribution in [0.15, 0.2) is 30.5 Å². The molecular weight excluding hydrogens is 188 g/mol. The Labute approximate surface area is 80.3 Å². The summed E-state index contributed by atoms with van der Waals surface area (Å²) in [5.41, 5.74) is 0.810. The zero-order valence-electron chi connectivity index (χ0n) is 6.77. The summed E-state index contributed by atoms with van der Waals surface area (Å²) in [5.74, 6) is 0.711. The topological polar surface area (TPSA) is 35.0 Å². The number of benzene rings is 1. The lowest BCUT2D eigenvalue weighted by Gasteiger charge is -2.01. The molecule has 13 heavy (non-hydrogen) atoms. The molecule has 0 saturated heterocycles. The Kier molecular flexibility index (Phi) is 2.27. The number of ether oxygens (including phenoxy) is 1. The first kappa shape index (κ1) is 8.26. The third kappa shape index (κ3) is 1.70. The molecule has 66 valence electrons. The molecule has 4 heteroatoms. The second-order valence-corrected chi connectivity index (χ2v) is 2.72. The fraction of sp³-hybridized carbons (Fsp3) is 0.111. The van der Waals surface area contributed by atoms with E-state index in [4.69, 9.17) is 16.3 Å². The van der Waals surface area contributed by atoms with Crippen LogP contribution in [0.2, 0.25) is 0 Å². The number of hydrogen-bond donors (Lipinski definition) is 0. The summed E-state index contributed by atoms with van der Waals surface area (Å²) in [5, 5.41) is 8.77. The van der Waals surface area contributed by atoms with E-state index in [9.17, 15) is 0 Å². The quantitative estimate of drug-likeness (QED) is 0.688. The van der Waals surface area contributed by atoms with E-state index in [0.717, 1.165) is 10.9 Å². The molecular formula is C9H7ClN2O. The minimum Gasteiger partial charge on any atom is -0.478 e. The van der Waals surface area contributed by atoms with Crippen molar-refractivity contribution in [1.29, 1.82) is 0 Å². The van der Waals surface area contributed by atoms with Crippen LogP contribution >= 0.6 is 11.6 Å². The van der Waals surface area contributed by atoms with Crippen LogP contribution in [0.4, 0.5) is 0 Å². The maximum Gasteiger partial charge on any atom is 0.162 e. The maximum atomic E-state index is 5.43. The van der Waals surface area contributed by atoms with Crippen molar-refractivity contribution in [3.63, 3.8) is 0 Å². The van der Waals surface area contributed by atoms with Gasteiger partial charge < -0.3 is 4.74 Å². The summed E-state index contributed by atoms with van der Waals surface area (Å²) in [6, 6.07) is 7.63. The summed E-state index contributed by atoms with van der Waals surface area (Å²) < 4.78 is 5.11. The molecule has 0 unspecified atom stereocenters. The Morgan fingerprint density at radius 1 is 1.31 bits per heavy atom. The Hall–Kier alpha value is -1.35. The molecule has 0 N–H and O–H groups in total. The molecule has 0 radical (unpaired) electrons. The molecule has 0 bridgehead atoms. The molecule has 1 aromatic carbocycles. The highest BCUT2D eigenvalue weighted by Crippen LogP contribution is 2.18. The van der Waals surface area contributed by atoms with E-state index in [0.29, 0.717) is 5.75 Å². The van der Waals surface area contributed by atoms with Crippen LogP contribution in [-0.2, 0) is 0 Å². The Balaban J connectivity index is 2.49. The lowest BCUT2D eigenvalue weighted by Crippen LogP contribution is -1.89. The van der Waals surface area contributed by atoms with Crippen LogP contribution in [0.3, 0.4) is 0 Å². The van der Waals surface area contributed by atoms with E-state index in [-0.39, 0.29) is 6.07 Å². The second-order valence-electron chi connectivity index (χ2n) is 2.51. The molecule has 2 aromatic rings. The van der Waals surface area contributed by atoms with Gasteiger partial charge in [-0.05, 0) is 18.2 Å². The van der Waals surface area contributed by atoms with Crippen LogP contribution < -0.4 is 4.74 Å². The van der Waals surface area contributed by atoms with Gasteiger partial charge in [-0.1, -0.05) is 11.6 Å². The predicted octanol–water partition coefficient (Wildman–Crippen LogP) is 2.20. The molecule has 2 rings (SSSR count). The highest BCUT2D eigenvalue weighted by Gasteiger charge is 1.96. The lowest BCUT2D eigenvalue weighted by atomic mass is 10.2. The van der Waals surface area contributed by atoms with E-state index in [1.807, 2.05) is 24.3 Å². The molecule has 0 amide bonds. The molecule has 0 fully saturated rings. The normalized spacial score (nSPS) is 10.2. The number of aromatic nitrogens is 2. The van der Waals surface area contributed by atoms with E-state index in [2.05, 4.69) is 10.2 Å². The summed E-state index contributed by atoms with van der Waals surface area (Å²) in [6.45, 7) is 0. The molecule has 3 nitrogen and oxygen atoms in total. The Bertz CT molecular complexity index is 419. The van der Waals surface area contributed by atoms with Gasteiger partial charge in [0.25, 0.3) is 0 Å². The minimum atomic E-state index is 0.145. The van der Waals surface area contributed by atoms with Crippen LogP contribution in [0.5, 0.6) is 5.75 Å². The molecule has 0 saturated carbocycles. The van der Waals surface area contributed by atoms with Gasteiger partial charge in [0, 0.05) is 11.5 Å². The molecule has 0 spiro atoms. The molecule has 1 heterocycles. The average Bonchev–Trinajstić information content (AvgIpc) is 2.18. The first-order chi connectivity index (χ1) is 6.40. The number of hydrogen-bond acceptors (Lipinski definition) is 3. The third-order valence-electron chi connectivity index (χ3n) is 1.71. The van der Waals surface area contributed by atoms with Gasteiger partial charge in [0.05, 0.1) is 11.7 Å². The van der Waals surface area contributed by atoms with E-state index < -0.39 is 0 Å². The molecule has 0 atom stereocenters. The van der Waals surface area contributed by atoms with Gasteiger partial charge in [-0.2, -0.15) is 10.2 Å². The number of rotatable bonds is 2. The lowest BCUT2D eigenvalue weighted by molar-refractivity contribution is 0.388. The largest absolute Gasteiger partial charge is 0.478 e. The van der Waals surface area contributed by atoms with Crippen molar-refractivity contribution in [3.8, 4) is 5.75 Å². The third-order valence-corrected chi connectivity index (χ3v) is 1.82. The predicted molar refractivity (Wildman–Crippen MR) is 50.9 cm³/mol. The van der Waals surface area contributed by atoms with Crippen LogP contribution in [0, 0.1) is 0 Å². The standard InChI is InChI=1S/C9H7ClN2O/c10-6-13-8-2-1-7-3-4-11-12-9(7)5-8/h1-5H,6H2.